The smallest absolute Gasteiger partial charge is 0.292 e. The van der Waals surface area contributed by atoms with E-state index >= 15 is 0 Å². The summed E-state index contributed by atoms with van der Waals surface area (Å²) in [5.41, 5.74) is 0.0551. The molecule has 0 saturated carbocycles. The molecule has 116 valence electrons. The van der Waals surface area contributed by atoms with Gasteiger partial charge in [-0.15, -0.1) is 0 Å². The van der Waals surface area contributed by atoms with E-state index < -0.39 is 14.9 Å². The van der Waals surface area contributed by atoms with Gasteiger partial charge in [-0.25, -0.2) is 8.42 Å². The van der Waals surface area contributed by atoms with Crippen LogP contribution >= 0.6 is 11.8 Å². The Labute approximate surface area is 127 Å². The van der Waals surface area contributed by atoms with Crippen LogP contribution in [-0.4, -0.2) is 48.8 Å². The third-order valence-corrected chi connectivity index (χ3v) is 6.27. The Hall–Kier alpha value is -1.32. The molecule has 7 nitrogen and oxygen atoms in total. The normalized spacial score (nSPS) is 20.2. The second-order valence-corrected chi connectivity index (χ2v) is 8.21. The van der Waals surface area contributed by atoms with Gasteiger partial charge in [-0.3, -0.25) is 10.1 Å². The fraction of sp³-hybridized carbons (Fsp3) is 0.500. The van der Waals surface area contributed by atoms with Gasteiger partial charge < -0.3 is 5.32 Å². The minimum atomic E-state index is -3.61. The highest BCUT2D eigenvalue weighted by Gasteiger charge is 2.30. The minimum Gasteiger partial charge on any atom is -0.383 e. The van der Waals surface area contributed by atoms with Crippen LogP contribution in [0.3, 0.4) is 0 Å². The average molecular weight is 331 g/mol. The molecule has 1 unspecified atom stereocenters. The SMILES string of the molecule is CNc1cc(S(=O)(=O)N2CCSC(C)C2)ccc1[N+](=O)[O-]. The Morgan fingerprint density at radius 3 is 2.76 bits per heavy atom. The summed E-state index contributed by atoms with van der Waals surface area (Å²) in [6.45, 7) is 2.91. The molecule has 0 spiro atoms. The van der Waals surface area contributed by atoms with Crippen LogP contribution in [0.4, 0.5) is 11.4 Å². The lowest BCUT2D eigenvalue weighted by atomic mass is 10.3. The van der Waals surface area contributed by atoms with Crippen molar-refractivity contribution in [3.05, 3.63) is 28.3 Å². The molecular formula is C12H17N3O4S2. The van der Waals surface area contributed by atoms with E-state index in [-0.39, 0.29) is 21.5 Å². The summed E-state index contributed by atoms with van der Waals surface area (Å²) in [6.07, 6.45) is 0. The molecule has 0 bridgehead atoms. The first-order valence-electron chi connectivity index (χ1n) is 6.44. The lowest BCUT2D eigenvalue weighted by Gasteiger charge is -2.29. The first-order chi connectivity index (χ1) is 9.86. The number of thioether (sulfide) groups is 1. The van der Waals surface area contributed by atoms with E-state index in [0.29, 0.717) is 13.1 Å². The molecule has 2 rings (SSSR count). The van der Waals surface area contributed by atoms with Gasteiger partial charge in [0.05, 0.1) is 9.82 Å². The van der Waals surface area contributed by atoms with E-state index in [1.54, 1.807) is 11.8 Å². The molecule has 1 aliphatic rings. The molecule has 0 radical (unpaired) electrons. The van der Waals surface area contributed by atoms with Gasteiger partial charge in [0, 0.05) is 37.2 Å². The molecule has 21 heavy (non-hydrogen) atoms. The number of nitro benzene ring substituents is 1. The first-order valence-corrected chi connectivity index (χ1v) is 8.93. The highest BCUT2D eigenvalue weighted by molar-refractivity contribution is 8.00. The van der Waals surface area contributed by atoms with Crippen LogP contribution in [0.5, 0.6) is 0 Å². The van der Waals surface area contributed by atoms with Gasteiger partial charge in [0.1, 0.15) is 5.69 Å². The van der Waals surface area contributed by atoms with Crippen LogP contribution in [0.25, 0.3) is 0 Å². The fourth-order valence-corrected chi connectivity index (χ4v) is 4.97. The van der Waals surface area contributed by atoms with Gasteiger partial charge in [0.15, 0.2) is 0 Å². The molecule has 1 fully saturated rings. The average Bonchev–Trinajstić information content (AvgIpc) is 2.46. The molecule has 1 saturated heterocycles. The van der Waals surface area contributed by atoms with Crippen LogP contribution in [0, 0.1) is 10.1 Å². The van der Waals surface area contributed by atoms with Crippen LogP contribution in [0.15, 0.2) is 23.1 Å². The highest BCUT2D eigenvalue weighted by atomic mass is 32.2. The number of nitro groups is 1. The molecular weight excluding hydrogens is 314 g/mol. The number of hydrogen-bond donors (Lipinski definition) is 1. The Balaban J connectivity index is 2.38. The Morgan fingerprint density at radius 1 is 1.48 bits per heavy atom. The van der Waals surface area contributed by atoms with Crippen LogP contribution in [0.2, 0.25) is 0 Å². The zero-order valence-corrected chi connectivity index (χ0v) is 13.4. The first kappa shape index (κ1) is 16.1. The van der Waals surface area contributed by atoms with E-state index in [1.165, 1.54) is 29.6 Å². The van der Waals surface area contributed by atoms with Crippen LogP contribution in [-0.2, 0) is 10.0 Å². The molecule has 1 N–H and O–H groups in total. The number of benzene rings is 1. The number of anilines is 1. The molecule has 1 aliphatic heterocycles. The Morgan fingerprint density at radius 2 is 2.19 bits per heavy atom. The summed E-state index contributed by atoms with van der Waals surface area (Å²) in [6, 6.07) is 3.83. The standard InChI is InChI=1S/C12H17N3O4S2/c1-9-8-14(5-6-20-9)21(18,19)10-3-4-12(15(16)17)11(7-10)13-2/h3-4,7,9,13H,5-6,8H2,1-2H3. The van der Waals surface area contributed by atoms with E-state index in [9.17, 15) is 18.5 Å². The molecule has 1 atom stereocenters. The molecule has 0 aliphatic carbocycles. The maximum Gasteiger partial charge on any atom is 0.292 e. The number of hydrogen-bond acceptors (Lipinski definition) is 6. The quantitative estimate of drug-likeness (QED) is 0.667. The number of rotatable bonds is 4. The summed E-state index contributed by atoms with van der Waals surface area (Å²) in [7, 11) is -2.09. The summed E-state index contributed by atoms with van der Waals surface area (Å²) >= 11 is 1.74. The second-order valence-electron chi connectivity index (χ2n) is 4.73. The predicted octanol–water partition coefficient (Wildman–Crippen LogP) is 1.76. The summed E-state index contributed by atoms with van der Waals surface area (Å²) in [4.78, 5) is 10.4. The maximum atomic E-state index is 12.6. The molecule has 9 heteroatoms. The van der Waals surface area contributed by atoms with Gasteiger partial charge >= 0.3 is 0 Å². The summed E-state index contributed by atoms with van der Waals surface area (Å²) in [5, 5.41) is 13.8. The molecule has 0 aromatic heterocycles. The van der Waals surface area contributed by atoms with Crippen molar-refractivity contribution in [3.8, 4) is 0 Å². The van der Waals surface area contributed by atoms with Crippen molar-refractivity contribution >= 4 is 33.2 Å². The van der Waals surface area contributed by atoms with Crippen molar-refractivity contribution in [2.75, 3.05) is 31.2 Å². The van der Waals surface area contributed by atoms with Crippen molar-refractivity contribution < 1.29 is 13.3 Å². The van der Waals surface area contributed by atoms with Gasteiger partial charge in [0.2, 0.25) is 10.0 Å². The third-order valence-electron chi connectivity index (χ3n) is 3.28. The topological polar surface area (TPSA) is 92.6 Å². The van der Waals surface area contributed by atoms with Gasteiger partial charge in [-0.1, -0.05) is 6.92 Å². The van der Waals surface area contributed by atoms with Crippen molar-refractivity contribution in [2.45, 2.75) is 17.1 Å². The number of nitrogens with one attached hydrogen (secondary N) is 1. The fourth-order valence-electron chi connectivity index (χ4n) is 2.19. The molecule has 1 aromatic rings. The van der Waals surface area contributed by atoms with Crippen molar-refractivity contribution in [2.24, 2.45) is 0 Å². The van der Waals surface area contributed by atoms with E-state index in [0.717, 1.165) is 5.75 Å². The van der Waals surface area contributed by atoms with E-state index in [1.807, 2.05) is 6.92 Å². The third kappa shape index (κ3) is 3.30. The van der Waals surface area contributed by atoms with Gasteiger partial charge in [-0.2, -0.15) is 16.1 Å². The highest BCUT2D eigenvalue weighted by Crippen LogP contribution is 2.30. The van der Waals surface area contributed by atoms with Crippen LogP contribution in [0.1, 0.15) is 6.92 Å². The van der Waals surface area contributed by atoms with E-state index in [2.05, 4.69) is 5.32 Å². The van der Waals surface area contributed by atoms with Gasteiger partial charge in [0.25, 0.3) is 5.69 Å². The lowest BCUT2D eigenvalue weighted by Crippen LogP contribution is -2.40. The molecule has 1 heterocycles. The lowest BCUT2D eigenvalue weighted by molar-refractivity contribution is -0.384. The monoisotopic (exact) mass is 331 g/mol. The second kappa shape index (κ2) is 6.20. The molecule has 1 aromatic carbocycles. The number of sulfonamides is 1. The molecule has 0 amide bonds. The largest absolute Gasteiger partial charge is 0.383 e. The maximum absolute atomic E-state index is 12.6. The van der Waals surface area contributed by atoms with Crippen LogP contribution < -0.4 is 5.32 Å². The Kier molecular flexibility index (Phi) is 4.74. The van der Waals surface area contributed by atoms with Gasteiger partial charge in [-0.05, 0) is 12.1 Å². The summed E-state index contributed by atoms with van der Waals surface area (Å²) < 4.78 is 26.6. The zero-order valence-electron chi connectivity index (χ0n) is 11.8. The van der Waals surface area contributed by atoms with E-state index in [4.69, 9.17) is 0 Å². The zero-order chi connectivity index (χ0) is 15.6. The predicted molar refractivity (Wildman–Crippen MR) is 83.3 cm³/mol. The number of nitrogens with zero attached hydrogens (tertiary/aromatic N) is 2. The van der Waals surface area contributed by atoms with Crippen molar-refractivity contribution in [3.63, 3.8) is 0 Å². The minimum absolute atomic E-state index is 0.0801. The van der Waals surface area contributed by atoms with Crippen molar-refractivity contribution in [1.82, 2.24) is 4.31 Å². The summed E-state index contributed by atoms with van der Waals surface area (Å²) in [5.74, 6) is 0.756. The van der Waals surface area contributed by atoms with Crippen molar-refractivity contribution in [1.29, 1.82) is 0 Å². The Bertz CT molecular complexity index is 648.